The quantitative estimate of drug-likeness (QED) is 0.612. The first-order valence-corrected chi connectivity index (χ1v) is 9.24. The number of fused-ring (bicyclic) bond motifs is 1. The van der Waals surface area contributed by atoms with Crippen molar-refractivity contribution in [2.75, 3.05) is 20.2 Å². The second-order valence-corrected chi connectivity index (χ2v) is 7.58. The van der Waals surface area contributed by atoms with Gasteiger partial charge in [0.15, 0.2) is 5.75 Å². The number of amides is 1. The van der Waals surface area contributed by atoms with E-state index in [1.165, 1.54) is 36.4 Å². The summed E-state index contributed by atoms with van der Waals surface area (Å²) >= 11 is 0. The number of nitro groups is 1. The molecule has 0 fully saturated rings. The Kier molecular flexibility index (Phi) is 5.65. The first-order valence-electron chi connectivity index (χ1n) is 9.24. The molecular formula is C21H25N3O4. The van der Waals surface area contributed by atoms with Crippen LogP contribution < -0.4 is 10.1 Å². The van der Waals surface area contributed by atoms with Gasteiger partial charge < -0.3 is 10.1 Å². The lowest BCUT2D eigenvalue weighted by Crippen LogP contribution is -2.53. The summed E-state index contributed by atoms with van der Waals surface area (Å²) in [4.78, 5) is 25.5. The highest BCUT2D eigenvalue weighted by Crippen LogP contribution is 2.28. The number of nitro benzene ring substituents is 1. The Morgan fingerprint density at radius 1 is 1.25 bits per heavy atom. The summed E-state index contributed by atoms with van der Waals surface area (Å²) in [5, 5.41) is 14.1. The molecule has 0 saturated carbocycles. The molecule has 3 rings (SSSR count). The fourth-order valence-corrected chi connectivity index (χ4v) is 3.50. The van der Waals surface area contributed by atoms with Crippen LogP contribution >= 0.6 is 0 Å². The average molecular weight is 383 g/mol. The van der Waals surface area contributed by atoms with Crippen LogP contribution in [0, 0.1) is 10.1 Å². The van der Waals surface area contributed by atoms with Gasteiger partial charge in [-0.3, -0.25) is 19.8 Å². The van der Waals surface area contributed by atoms with Crippen molar-refractivity contribution in [1.82, 2.24) is 10.2 Å². The maximum atomic E-state index is 12.6. The van der Waals surface area contributed by atoms with Crippen LogP contribution in [-0.2, 0) is 13.0 Å². The maximum absolute atomic E-state index is 12.6. The molecule has 0 spiro atoms. The number of ether oxygens (including phenoxy) is 1. The van der Waals surface area contributed by atoms with Crippen molar-refractivity contribution in [3.05, 3.63) is 69.3 Å². The van der Waals surface area contributed by atoms with Gasteiger partial charge >= 0.3 is 5.69 Å². The molecule has 148 valence electrons. The van der Waals surface area contributed by atoms with Crippen LogP contribution in [0.4, 0.5) is 5.69 Å². The Balaban J connectivity index is 1.67. The minimum Gasteiger partial charge on any atom is -0.490 e. The Hall–Kier alpha value is -2.93. The first kappa shape index (κ1) is 19.8. The lowest BCUT2D eigenvalue weighted by Gasteiger charge is -2.41. The summed E-state index contributed by atoms with van der Waals surface area (Å²) in [5.41, 5.74) is 2.47. The number of benzene rings is 2. The topological polar surface area (TPSA) is 84.7 Å². The summed E-state index contributed by atoms with van der Waals surface area (Å²) in [5.74, 6) is -0.204. The van der Waals surface area contributed by atoms with E-state index in [0.29, 0.717) is 6.54 Å². The third kappa shape index (κ3) is 4.14. The molecule has 7 heteroatoms. The number of rotatable bonds is 6. The molecule has 1 heterocycles. The molecule has 1 aliphatic rings. The second kappa shape index (κ2) is 7.98. The standard InChI is InChI=1S/C21H25N3O4/c1-21(2,23-11-10-15-6-4-5-7-17(15)13-23)14-22-20(25)16-8-9-19(28-3)18(12-16)24(26)27/h4-9,12H,10-11,13-14H2,1-3H3,(H,22,25). The Morgan fingerprint density at radius 3 is 2.64 bits per heavy atom. The van der Waals surface area contributed by atoms with Crippen LogP contribution in [0.15, 0.2) is 42.5 Å². The smallest absolute Gasteiger partial charge is 0.311 e. The highest BCUT2D eigenvalue weighted by Gasteiger charge is 2.30. The second-order valence-electron chi connectivity index (χ2n) is 7.58. The van der Waals surface area contributed by atoms with Gasteiger partial charge in [0, 0.05) is 36.8 Å². The van der Waals surface area contributed by atoms with Crippen molar-refractivity contribution >= 4 is 11.6 Å². The molecule has 0 bridgehead atoms. The number of hydrogen-bond donors (Lipinski definition) is 1. The fraction of sp³-hybridized carbons (Fsp3) is 0.381. The molecule has 7 nitrogen and oxygen atoms in total. The zero-order chi connectivity index (χ0) is 20.3. The van der Waals surface area contributed by atoms with Crippen molar-refractivity contribution in [2.24, 2.45) is 0 Å². The molecule has 0 saturated heterocycles. The molecule has 2 aromatic rings. The normalized spacial score (nSPS) is 14.2. The van der Waals surface area contributed by atoms with Crippen LogP contribution in [0.5, 0.6) is 5.75 Å². The summed E-state index contributed by atoms with van der Waals surface area (Å²) < 4.78 is 4.98. The van der Waals surface area contributed by atoms with Gasteiger partial charge in [0.05, 0.1) is 12.0 Å². The Morgan fingerprint density at radius 2 is 1.96 bits per heavy atom. The molecule has 1 aliphatic heterocycles. The largest absolute Gasteiger partial charge is 0.490 e. The first-order chi connectivity index (χ1) is 13.3. The van der Waals surface area contributed by atoms with E-state index in [0.717, 1.165) is 19.5 Å². The molecule has 28 heavy (non-hydrogen) atoms. The number of methoxy groups -OCH3 is 1. The van der Waals surface area contributed by atoms with Gasteiger partial charge in [-0.1, -0.05) is 24.3 Å². The minimum atomic E-state index is -0.551. The van der Waals surface area contributed by atoms with Crippen LogP contribution in [-0.4, -0.2) is 41.5 Å². The zero-order valence-corrected chi connectivity index (χ0v) is 16.4. The molecule has 0 aromatic heterocycles. The number of carbonyl (C=O) groups is 1. The summed E-state index contributed by atoms with van der Waals surface area (Å²) in [6.07, 6.45) is 0.984. The highest BCUT2D eigenvalue weighted by molar-refractivity contribution is 5.95. The number of nitrogens with one attached hydrogen (secondary N) is 1. The van der Waals surface area contributed by atoms with Gasteiger partial charge in [-0.15, -0.1) is 0 Å². The van der Waals surface area contributed by atoms with Crippen molar-refractivity contribution in [2.45, 2.75) is 32.4 Å². The molecule has 0 atom stereocenters. The van der Waals surface area contributed by atoms with Crippen molar-refractivity contribution in [3.63, 3.8) is 0 Å². The van der Waals surface area contributed by atoms with Crippen LogP contribution in [0.2, 0.25) is 0 Å². The van der Waals surface area contributed by atoms with Gasteiger partial charge in [0.1, 0.15) is 0 Å². The van der Waals surface area contributed by atoms with E-state index in [-0.39, 0.29) is 28.4 Å². The van der Waals surface area contributed by atoms with E-state index in [4.69, 9.17) is 4.74 Å². The van der Waals surface area contributed by atoms with Gasteiger partial charge in [-0.25, -0.2) is 0 Å². The van der Waals surface area contributed by atoms with Crippen molar-refractivity contribution in [3.8, 4) is 5.75 Å². The van der Waals surface area contributed by atoms with E-state index in [9.17, 15) is 14.9 Å². The number of nitrogens with zero attached hydrogens (tertiary/aromatic N) is 2. The number of carbonyl (C=O) groups excluding carboxylic acids is 1. The van der Waals surface area contributed by atoms with E-state index in [1.807, 2.05) is 6.07 Å². The fourth-order valence-electron chi connectivity index (χ4n) is 3.50. The number of hydrogen-bond acceptors (Lipinski definition) is 5. The molecule has 1 amide bonds. The van der Waals surface area contributed by atoms with Gasteiger partial charge in [0.2, 0.25) is 0 Å². The highest BCUT2D eigenvalue weighted by atomic mass is 16.6. The van der Waals surface area contributed by atoms with Crippen LogP contribution in [0.3, 0.4) is 0 Å². The molecule has 1 N–H and O–H groups in total. The van der Waals surface area contributed by atoms with Crippen LogP contribution in [0.25, 0.3) is 0 Å². The predicted octanol–water partition coefficient (Wildman–Crippen LogP) is 3.17. The molecule has 0 radical (unpaired) electrons. The maximum Gasteiger partial charge on any atom is 0.311 e. The van der Waals surface area contributed by atoms with Gasteiger partial charge in [-0.05, 0) is 43.5 Å². The van der Waals surface area contributed by atoms with E-state index in [1.54, 1.807) is 0 Å². The van der Waals surface area contributed by atoms with E-state index >= 15 is 0 Å². The van der Waals surface area contributed by atoms with Gasteiger partial charge in [-0.2, -0.15) is 0 Å². The average Bonchev–Trinajstić information content (AvgIpc) is 2.71. The molecular weight excluding hydrogens is 358 g/mol. The molecule has 0 aliphatic carbocycles. The van der Waals surface area contributed by atoms with Crippen molar-refractivity contribution < 1.29 is 14.5 Å². The third-order valence-corrected chi connectivity index (χ3v) is 5.31. The zero-order valence-electron chi connectivity index (χ0n) is 16.4. The van der Waals surface area contributed by atoms with E-state index < -0.39 is 4.92 Å². The lowest BCUT2D eigenvalue weighted by atomic mass is 9.94. The SMILES string of the molecule is COc1ccc(C(=O)NCC(C)(C)N2CCc3ccccc3C2)cc1[N+](=O)[O-]. The van der Waals surface area contributed by atoms with E-state index in [2.05, 4.69) is 42.3 Å². The van der Waals surface area contributed by atoms with Crippen molar-refractivity contribution in [1.29, 1.82) is 0 Å². The Labute approximate surface area is 164 Å². The van der Waals surface area contributed by atoms with Crippen LogP contribution in [0.1, 0.15) is 35.3 Å². The monoisotopic (exact) mass is 383 g/mol. The molecule has 2 aromatic carbocycles. The van der Waals surface area contributed by atoms with Gasteiger partial charge in [0.25, 0.3) is 5.91 Å². The summed E-state index contributed by atoms with van der Waals surface area (Å²) in [7, 11) is 1.36. The predicted molar refractivity (Wildman–Crippen MR) is 107 cm³/mol. The summed E-state index contributed by atoms with van der Waals surface area (Å²) in [6.45, 7) is 6.39. The third-order valence-electron chi connectivity index (χ3n) is 5.31. The minimum absolute atomic E-state index is 0.133. The Bertz CT molecular complexity index is 895. The molecule has 0 unspecified atom stereocenters. The lowest BCUT2D eigenvalue weighted by molar-refractivity contribution is -0.385. The summed E-state index contributed by atoms with van der Waals surface area (Å²) in [6, 6.07) is 12.6.